The number of hydrogen-bond donors (Lipinski definition) is 2. The Kier molecular flexibility index (Phi) is 8.50. The summed E-state index contributed by atoms with van der Waals surface area (Å²) in [5.74, 6) is 0.945. The Morgan fingerprint density at radius 1 is 1.24 bits per heavy atom. The number of aliphatic imine (C=N–C) groups is 1. The van der Waals surface area contributed by atoms with Gasteiger partial charge in [-0.1, -0.05) is 19.3 Å². The predicted molar refractivity (Wildman–Crippen MR) is 106 cm³/mol. The molecule has 25 heavy (non-hydrogen) atoms. The number of rotatable bonds is 8. The predicted octanol–water partition coefficient (Wildman–Crippen LogP) is 3.01. The van der Waals surface area contributed by atoms with Crippen molar-refractivity contribution in [2.24, 2.45) is 10.4 Å². The molecule has 5 heteroatoms. The normalized spacial score (nSPS) is 25.8. The SMILES string of the molecule is CN=C(NCC(C)N1CCCCC1C)NCC1(CCOC)CCCC1. The average molecular weight is 353 g/mol. The van der Waals surface area contributed by atoms with Crippen LogP contribution in [0.5, 0.6) is 0 Å². The van der Waals surface area contributed by atoms with Crippen molar-refractivity contribution in [2.45, 2.75) is 77.3 Å². The molecule has 2 unspecified atom stereocenters. The summed E-state index contributed by atoms with van der Waals surface area (Å²) in [6, 6.07) is 1.25. The van der Waals surface area contributed by atoms with Gasteiger partial charge in [0, 0.05) is 45.9 Å². The molecule has 0 amide bonds. The van der Waals surface area contributed by atoms with Crippen LogP contribution in [0.2, 0.25) is 0 Å². The number of ether oxygens (including phenoxy) is 1. The highest BCUT2D eigenvalue weighted by atomic mass is 16.5. The highest BCUT2D eigenvalue weighted by molar-refractivity contribution is 5.79. The Hall–Kier alpha value is -0.810. The number of piperidine rings is 1. The number of nitrogens with zero attached hydrogens (tertiary/aromatic N) is 2. The van der Waals surface area contributed by atoms with Gasteiger partial charge in [-0.2, -0.15) is 0 Å². The molecule has 2 N–H and O–H groups in total. The fourth-order valence-electron chi connectivity index (χ4n) is 4.59. The molecule has 1 aliphatic carbocycles. The van der Waals surface area contributed by atoms with Crippen molar-refractivity contribution in [1.29, 1.82) is 0 Å². The minimum atomic E-state index is 0.390. The number of nitrogens with one attached hydrogen (secondary N) is 2. The van der Waals surface area contributed by atoms with Crippen molar-refractivity contribution < 1.29 is 4.74 Å². The highest BCUT2D eigenvalue weighted by Crippen LogP contribution is 2.40. The number of likely N-dealkylation sites (tertiary alicyclic amines) is 1. The van der Waals surface area contributed by atoms with Crippen LogP contribution in [0.3, 0.4) is 0 Å². The summed E-state index contributed by atoms with van der Waals surface area (Å²) < 4.78 is 5.34. The summed E-state index contributed by atoms with van der Waals surface area (Å²) in [5, 5.41) is 7.15. The lowest BCUT2D eigenvalue weighted by Gasteiger charge is -2.38. The van der Waals surface area contributed by atoms with E-state index in [1.165, 1.54) is 51.5 Å². The van der Waals surface area contributed by atoms with E-state index in [2.05, 4.69) is 34.4 Å². The molecule has 0 bridgehead atoms. The number of hydrogen-bond acceptors (Lipinski definition) is 3. The Labute approximate surface area is 155 Å². The molecule has 2 rings (SSSR count). The molecule has 1 saturated heterocycles. The van der Waals surface area contributed by atoms with Gasteiger partial charge in [0.15, 0.2) is 5.96 Å². The van der Waals surface area contributed by atoms with Crippen LogP contribution in [0.15, 0.2) is 4.99 Å². The van der Waals surface area contributed by atoms with E-state index >= 15 is 0 Å². The van der Waals surface area contributed by atoms with Gasteiger partial charge in [0.2, 0.25) is 0 Å². The van der Waals surface area contributed by atoms with Crippen LogP contribution in [0.1, 0.15) is 65.2 Å². The minimum Gasteiger partial charge on any atom is -0.385 e. The molecule has 146 valence electrons. The molecule has 0 aromatic rings. The quantitative estimate of drug-likeness (QED) is 0.521. The Balaban J connectivity index is 1.77. The van der Waals surface area contributed by atoms with Crippen LogP contribution >= 0.6 is 0 Å². The number of guanidine groups is 1. The summed E-state index contributed by atoms with van der Waals surface area (Å²) in [6.45, 7) is 8.74. The first-order chi connectivity index (χ1) is 12.1. The first-order valence-electron chi connectivity index (χ1n) is 10.3. The zero-order valence-electron chi connectivity index (χ0n) is 16.9. The molecule has 1 heterocycles. The van der Waals surface area contributed by atoms with Gasteiger partial charge in [0.05, 0.1) is 0 Å². The molecule has 0 aromatic carbocycles. The number of methoxy groups -OCH3 is 1. The molecule has 2 fully saturated rings. The molecule has 1 saturated carbocycles. The Morgan fingerprint density at radius 2 is 2.00 bits per heavy atom. The molecule has 2 atom stereocenters. The maximum Gasteiger partial charge on any atom is 0.191 e. The second-order valence-electron chi connectivity index (χ2n) is 8.19. The van der Waals surface area contributed by atoms with E-state index in [-0.39, 0.29) is 0 Å². The average Bonchev–Trinajstić information content (AvgIpc) is 3.09. The second kappa shape index (κ2) is 10.4. The van der Waals surface area contributed by atoms with Crippen molar-refractivity contribution in [3.8, 4) is 0 Å². The van der Waals surface area contributed by atoms with Gasteiger partial charge < -0.3 is 15.4 Å². The summed E-state index contributed by atoms with van der Waals surface area (Å²) in [5.41, 5.74) is 0.390. The maximum atomic E-state index is 5.34. The molecular weight excluding hydrogens is 312 g/mol. The Morgan fingerprint density at radius 3 is 2.64 bits per heavy atom. The zero-order valence-corrected chi connectivity index (χ0v) is 16.9. The Bertz CT molecular complexity index is 407. The lowest BCUT2D eigenvalue weighted by Crippen LogP contribution is -2.51. The monoisotopic (exact) mass is 352 g/mol. The lowest BCUT2D eigenvalue weighted by atomic mass is 9.83. The van der Waals surface area contributed by atoms with Crippen molar-refractivity contribution in [1.82, 2.24) is 15.5 Å². The van der Waals surface area contributed by atoms with E-state index in [9.17, 15) is 0 Å². The van der Waals surface area contributed by atoms with E-state index < -0.39 is 0 Å². The lowest BCUT2D eigenvalue weighted by molar-refractivity contribution is 0.115. The van der Waals surface area contributed by atoms with Crippen molar-refractivity contribution >= 4 is 5.96 Å². The van der Waals surface area contributed by atoms with Crippen molar-refractivity contribution in [3.05, 3.63) is 0 Å². The standard InChI is InChI=1S/C20H40N4O/c1-17-9-5-8-13-24(17)18(2)15-22-19(21-3)23-16-20(12-14-25-4)10-6-7-11-20/h17-18H,5-16H2,1-4H3,(H2,21,22,23). The third-order valence-corrected chi connectivity index (χ3v) is 6.34. The zero-order chi connectivity index (χ0) is 18.1. The van der Waals surface area contributed by atoms with E-state index in [1.54, 1.807) is 7.11 Å². The summed E-state index contributed by atoms with van der Waals surface area (Å²) >= 11 is 0. The van der Waals surface area contributed by atoms with Crippen molar-refractivity contribution in [2.75, 3.05) is 40.4 Å². The molecule has 0 spiro atoms. The van der Waals surface area contributed by atoms with Crippen LogP contribution < -0.4 is 10.6 Å². The smallest absolute Gasteiger partial charge is 0.191 e. The van der Waals surface area contributed by atoms with Crippen LogP contribution in [0.4, 0.5) is 0 Å². The van der Waals surface area contributed by atoms with Crippen LogP contribution in [-0.2, 0) is 4.74 Å². The first kappa shape index (κ1) is 20.5. The maximum absolute atomic E-state index is 5.34. The molecule has 2 aliphatic rings. The van der Waals surface area contributed by atoms with Crippen LogP contribution in [-0.4, -0.2) is 63.3 Å². The molecule has 0 radical (unpaired) electrons. The molecule has 1 aliphatic heterocycles. The fraction of sp³-hybridized carbons (Fsp3) is 0.950. The van der Waals surface area contributed by atoms with E-state index in [1.807, 2.05) is 7.05 Å². The van der Waals surface area contributed by atoms with E-state index in [0.29, 0.717) is 17.5 Å². The second-order valence-corrected chi connectivity index (χ2v) is 8.19. The largest absolute Gasteiger partial charge is 0.385 e. The van der Waals surface area contributed by atoms with E-state index in [4.69, 9.17) is 4.74 Å². The summed E-state index contributed by atoms with van der Waals surface area (Å²) in [6.07, 6.45) is 10.5. The first-order valence-corrected chi connectivity index (χ1v) is 10.3. The molecule has 0 aromatic heterocycles. The topological polar surface area (TPSA) is 48.9 Å². The molecule has 5 nitrogen and oxygen atoms in total. The van der Waals surface area contributed by atoms with Crippen molar-refractivity contribution in [3.63, 3.8) is 0 Å². The van der Waals surface area contributed by atoms with Crippen LogP contribution in [0, 0.1) is 5.41 Å². The fourth-order valence-corrected chi connectivity index (χ4v) is 4.59. The van der Waals surface area contributed by atoms with Gasteiger partial charge in [-0.3, -0.25) is 9.89 Å². The molecular formula is C20H40N4O. The van der Waals surface area contributed by atoms with Gasteiger partial charge >= 0.3 is 0 Å². The summed E-state index contributed by atoms with van der Waals surface area (Å²) in [4.78, 5) is 7.08. The van der Waals surface area contributed by atoms with Gasteiger partial charge in [-0.05, 0) is 57.9 Å². The van der Waals surface area contributed by atoms with Gasteiger partial charge in [0.1, 0.15) is 0 Å². The third kappa shape index (κ3) is 6.14. The minimum absolute atomic E-state index is 0.390. The van der Waals surface area contributed by atoms with Gasteiger partial charge in [0.25, 0.3) is 0 Å². The van der Waals surface area contributed by atoms with Gasteiger partial charge in [-0.25, -0.2) is 0 Å². The highest BCUT2D eigenvalue weighted by Gasteiger charge is 2.33. The summed E-state index contributed by atoms with van der Waals surface area (Å²) in [7, 11) is 3.68. The van der Waals surface area contributed by atoms with E-state index in [0.717, 1.165) is 32.1 Å². The van der Waals surface area contributed by atoms with Crippen LogP contribution in [0.25, 0.3) is 0 Å². The van der Waals surface area contributed by atoms with Gasteiger partial charge in [-0.15, -0.1) is 0 Å². The third-order valence-electron chi connectivity index (χ3n) is 6.34.